The normalized spacial score (nSPS) is 13.8. The van der Waals surface area contributed by atoms with Gasteiger partial charge in [0.25, 0.3) is 11.8 Å². The van der Waals surface area contributed by atoms with E-state index in [0.29, 0.717) is 27.8 Å². The Labute approximate surface area is 180 Å². The lowest BCUT2D eigenvalue weighted by molar-refractivity contribution is -0.137. The van der Waals surface area contributed by atoms with E-state index in [9.17, 15) is 9.59 Å². The largest absolute Gasteiger partial charge is 0.493 e. The summed E-state index contributed by atoms with van der Waals surface area (Å²) in [6, 6.07) is 10.4. The average molecular weight is 431 g/mol. The molecule has 0 aliphatic carbocycles. The first-order chi connectivity index (χ1) is 14.4. The van der Waals surface area contributed by atoms with Crippen LogP contribution in [0.1, 0.15) is 11.1 Å². The molecule has 2 aromatic carbocycles. The van der Waals surface area contributed by atoms with E-state index in [1.165, 1.54) is 21.3 Å². The van der Waals surface area contributed by atoms with E-state index in [0.717, 1.165) is 10.5 Å². The first-order valence-electron chi connectivity index (χ1n) is 9.26. The number of hydrogen-bond acceptors (Lipinski definition) is 6. The minimum absolute atomic E-state index is 0.144. The first-order valence-corrected chi connectivity index (χ1v) is 9.64. The second kappa shape index (κ2) is 9.19. The van der Waals surface area contributed by atoms with Gasteiger partial charge < -0.3 is 19.5 Å². The minimum atomic E-state index is -0.429. The van der Waals surface area contributed by atoms with E-state index in [4.69, 9.17) is 25.8 Å². The van der Waals surface area contributed by atoms with Crippen molar-refractivity contribution in [3.8, 4) is 11.5 Å². The topological polar surface area (TPSA) is 77.1 Å². The Balaban J connectivity index is 2.12. The number of methoxy groups -OCH3 is 3. The van der Waals surface area contributed by atoms with Crippen LogP contribution in [-0.4, -0.2) is 51.2 Å². The van der Waals surface area contributed by atoms with Crippen LogP contribution >= 0.6 is 11.6 Å². The third-order valence-electron chi connectivity index (χ3n) is 4.89. The van der Waals surface area contributed by atoms with E-state index in [-0.39, 0.29) is 24.4 Å². The molecule has 1 aliphatic rings. The van der Waals surface area contributed by atoms with Crippen LogP contribution in [0.15, 0.2) is 42.1 Å². The number of hydrogen-bond donors (Lipinski definition) is 1. The molecule has 0 saturated carbocycles. The number of carbonyl (C=O) groups is 2. The van der Waals surface area contributed by atoms with Crippen LogP contribution in [0.3, 0.4) is 0 Å². The third kappa shape index (κ3) is 3.99. The molecular formula is C22H23ClN2O5. The molecule has 1 heterocycles. The van der Waals surface area contributed by atoms with E-state index >= 15 is 0 Å². The molecule has 0 bridgehead atoms. The Morgan fingerprint density at radius 1 is 1.00 bits per heavy atom. The molecule has 0 saturated heterocycles. The highest BCUT2D eigenvalue weighted by Crippen LogP contribution is 2.36. The number of nitrogens with one attached hydrogen (secondary N) is 1. The van der Waals surface area contributed by atoms with Crippen molar-refractivity contribution >= 4 is 34.7 Å². The van der Waals surface area contributed by atoms with Crippen LogP contribution in [0, 0.1) is 6.92 Å². The Kier molecular flexibility index (Phi) is 6.64. The van der Waals surface area contributed by atoms with Gasteiger partial charge in [0.1, 0.15) is 5.70 Å². The van der Waals surface area contributed by atoms with E-state index in [1.54, 1.807) is 36.4 Å². The Hall–Kier alpha value is -3.03. The summed E-state index contributed by atoms with van der Waals surface area (Å²) in [6.45, 7) is 2.22. The fourth-order valence-electron chi connectivity index (χ4n) is 3.21. The molecule has 3 rings (SSSR count). The van der Waals surface area contributed by atoms with Crippen molar-refractivity contribution in [2.24, 2.45) is 0 Å². The summed E-state index contributed by atoms with van der Waals surface area (Å²) in [5.74, 6) is 0.138. The van der Waals surface area contributed by atoms with Gasteiger partial charge in [0.05, 0.1) is 32.9 Å². The summed E-state index contributed by atoms with van der Waals surface area (Å²) in [7, 11) is 4.56. The highest BCUT2D eigenvalue weighted by molar-refractivity contribution is 6.36. The van der Waals surface area contributed by atoms with Gasteiger partial charge in [0, 0.05) is 17.8 Å². The maximum Gasteiger partial charge on any atom is 0.278 e. The molecule has 2 amide bonds. The van der Waals surface area contributed by atoms with Gasteiger partial charge in [-0.3, -0.25) is 14.5 Å². The fourth-order valence-corrected chi connectivity index (χ4v) is 3.39. The molecule has 158 valence electrons. The Bertz CT molecular complexity index is 1020. The molecule has 2 aromatic rings. The zero-order valence-corrected chi connectivity index (χ0v) is 18.0. The van der Waals surface area contributed by atoms with Gasteiger partial charge in [0.2, 0.25) is 0 Å². The van der Waals surface area contributed by atoms with Crippen molar-refractivity contribution in [3.63, 3.8) is 0 Å². The SMILES string of the molecule is COCCN1C(=O)C(Nc2cccc(Cl)c2C)=C(c2ccc(OC)c(OC)c2)C1=O. The molecule has 0 atom stereocenters. The number of halogens is 1. The maximum absolute atomic E-state index is 13.2. The fraction of sp³-hybridized carbons (Fsp3) is 0.273. The quantitative estimate of drug-likeness (QED) is 0.646. The average Bonchev–Trinajstić information content (AvgIpc) is 2.98. The number of benzene rings is 2. The smallest absolute Gasteiger partial charge is 0.278 e. The van der Waals surface area contributed by atoms with Crippen molar-refractivity contribution in [3.05, 3.63) is 58.2 Å². The maximum atomic E-state index is 13.2. The van der Waals surface area contributed by atoms with Gasteiger partial charge >= 0.3 is 0 Å². The van der Waals surface area contributed by atoms with Gasteiger partial charge in [-0.25, -0.2) is 0 Å². The minimum Gasteiger partial charge on any atom is -0.493 e. The highest BCUT2D eigenvalue weighted by Gasteiger charge is 2.39. The summed E-state index contributed by atoms with van der Waals surface area (Å²) in [5, 5.41) is 3.68. The number of rotatable bonds is 8. The zero-order valence-electron chi connectivity index (χ0n) is 17.2. The van der Waals surface area contributed by atoms with Crippen molar-refractivity contribution < 1.29 is 23.8 Å². The van der Waals surface area contributed by atoms with Crippen LogP contribution in [-0.2, 0) is 14.3 Å². The van der Waals surface area contributed by atoms with Gasteiger partial charge in [-0.05, 0) is 42.3 Å². The Morgan fingerprint density at radius 3 is 2.40 bits per heavy atom. The summed E-state index contributed by atoms with van der Waals surface area (Å²) >= 11 is 6.22. The van der Waals surface area contributed by atoms with Gasteiger partial charge in [0.15, 0.2) is 11.5 Å². The van der Waals surface area contributed by atoms with Crippen molar-refractivity contribution in [2.45, 2.75) is 6.92 Å². The molecule has 1 N–H and O–H groups in total. The second-order valence-corrected chi connectivity index (χ2v) is 7.02. The predicted molar refractivity (Wildman–Crippen MR) is 115 cm³/mol. The molecule has 0 aromatic heterocycles. The number of carbonyl (C=O) groups excluding carboxylic acids is 2. The summed E-state index contributed by atoms with van der Waals surface area (Å²) in [4.78, 5) is 27.5. The molecule has 1 aliphatic heterocycles. The zero-order chi connectivity index (χ0) is 21.8. The lowest BCUT2D eigenvalue weighted by Crippen LogP contribution is -2.35. The van der Waals surface area contributed by atoms with Crippen LogP contribution < -0.4 is 14.8 Å². The third-order valence-corrected chi connectivity index (χ3v) is 5.30. The van der Waals surface area contributed by atoms with Gasteiger partial charge in [-0.1, -0.05) is 23.7 Å². The molecule has 8 heteroatoms. The number of anilines is 1. The lowest BCUT2D eigenvalue weighted by atomic mass is 10.0. The number of imide groups is 1. The van der Waals surface area contributed by atoms with Gasteiger partial charge in [-0.2, -0.15) is 0 Å². The van der Waals surface area contributed by atoms with E-state index in [2.05, 4.69) is 5.32 Å². The molecular weight excluding hydrogens is 408 g/mol. The van der Waals surface area contributed by atoms with Crippen LogP contribution in [0.5, 0.6) is 11.5 Å². The molecule has 0 spiro atoms. The number of amides is 2. The standard InChI is InChI=1S/C22H23ClN2O5/c1-13-15(23)6-5-7-16(13)24-20-19(21(26)25(22(20)27)10-11-28-2)14-8-9-17(29-3)18(12-14)30-4/h5-9,12,24H,10-11H2,1-4H3. The molecule has 0 radical (unpaired) electrons. The summed E-state index contributed by atoms with van der Waals surface area (Å²) < 4.78 is 15.7. The Morgan fingerprint density at radius 2 is 1.73 bits per heavy atom. The first kappa shape index (κ1) is 21.7. The van der Waals surface area contributed by atoms with Gasteiger partial charge in [-0.15, -0.1) is 0 Å². The number of nitrogens with zero attached hydrogens (tertiary/aromatic N) is 1. The van der Waals surface area contributed by atoms with Crippen molar-refractivity contribution in [1.82, 2.24) is 4.90 Å². The van der Waals surface area contributed by atoms with Crippen molar-refractivity contribution in [2.75, 3.05) is 39.8 Å². The molecule has 0 fully saturated rings. The van der Waals surface area contributed by atoms with Crippen LogP contribution in [0.4, 0.5) is 5.69 Å². The van der Waals surface area contributed by atoms with Crippen molar-refractivity contribution in [1.29, 1.82) is 0 Å². The monoisotopic (exact) mass is 430 g/mol. The lowest BCUT2D eigenvalue weighted by Gasteiger charge is -2.15. The molecule has 7 nitrogen and oxygen atoms in total. The molecule has 30 heavy (non-hydrogen) atoms. The van der Waals surface area contributed by atoms with E-state index < -0.39 is 11.8 Å². The second-order valence-electron chi connectivity index (χ2n) is 6.61. The van der Waals surface area contributed by atoms with E-state index in [1.807, 2.05) is 6.92 Å². The predicted octanol–water partition coefficient (Wildman–Crippen LogP) is 3.50. The summed E-state index contributed by atoms with van der Waals surface area (Å²) in [5.41, 5.74) is 2.37. The van der Waals surface area contributed by atoms with Crippen LogP contribution in [0.25, 0.3) is 5.57 Å². The highest BCUT2D eigenvalue weighted by atomic mass is 35.5. The molecule has 0 unspecified atom stereocenters. The number of ether oxygens (including phenoxy) is 3. The summed E-state index contributed by atoms with van der Waals surface area (Å²) in [6.07, 6.45) is 0. The van der Waals surface area contributed by atoms with Crippen LogP contribution in [0.2, 0.25) is 5.02 Å².